The number of hydrogen-bond donors (Lipinski definition) is 3. The van der Waals surface area contributed by atoms with Crippen LogP contribution in [0, 0.1) is 22.7 Å². The number of ketones is 2. The molecule has 2 saturated carbocycles. The predicted molar refractivity (Wildman–Crippen MR) is 307 cm³/mol. The second-order valence-electron chi connectivity index (χ2n) is 22.1. The fraction of sp³-hybridized carbons (Fsp3) is 0.458. The molecule has 4 aliphatic carbocycles. The molecule has 2 heterocycles. The first-order valence-corrected chi connectivity index (χ1v) is 29.3. The van der Waals surface area contributed by atoms with Gasteiger partial charge in [-0.3, -0.25) is 19.2 Å². The lowest BCUT2D eigenvalue weighted by Gasteiger charge is -2.29. The van der Waals surface area contributed by atoms with Gasteiger partial charge < -0.3 is 39.8 Å². The van der Waals surface area contributed by atoms with Crippen LogP contribution in [0.4, 0.5) is 27.2 Å². The largest absolute Gasteiger partial charge is 0.480 e. The molecule has 0 aromatic heterocycles. The highest BCUT2D eigenvalue weighted by atomic mass is 79.9. The molecule has 4 aromatic rings. The van der Waals surface area contributed by atoms with Crippen molar-refractivity contribution in [1.29, 1.82) is 0 Å². The standard InChI is InChI=1S/C29H29BrF2N2O6.C15H8BrClF2O.C14H22N2O5.CH3Cl/c1-15(2)24(33-27(38)39-3)25(36)34-14-28(8-9-28)12-22(34)26(37)40-13-23(35)16-4-6-18-19-7-5-17(30)11-21(19)29(31,32)20(18)10-16;16-9-2-4-11-10-3-1-8(14(20)7-17)5-12(10)15(18,19)13(11)6-9;1-8(2)10(15-13(20)21-3)11(17)16-7-14(4-5-14)6-9(16)12(18)19;1-2/h4-7,10-11,15,22,24H,8-9,12-14H2,1-3H3,(H,33,38);1-6H,7H2;8-10H,4-7H2,1-3H3,(H,15,20)(H,18,19);1H3/t22-,24-;;9-,10?;/m0.0./s1. The van der Waals surface area contributed by atoms with E-state index < -0.39 is 78.4 Å². The summed E-state index contributed by atoms with van der Waals surface area (Å²) in [4.78, 5) is 101. The first-order valence-electron chi connectivity index (χ1n) is 26.5. The number of carboxylic acids is 1. The minimum absolute atomic E-state index is 0.00161. The van der Waals surface area contributed by atoms with Crippen molar-refractivity contribution >= 4 is 103 Å². The minimum atomic E-state index is -3.28. The molecule has 0 bridgehead atoms. The molecule has 2 saturated heterocycles. The number of esters is 1. The van der Waals surface area contributed by atoms with Crippen molar-refractivity contribution in [1.82, 2.24) is 20.4 Å². The molecular weight excluding hydrogens is 1260 g/mol. The zero-order valence-corrected chi connectivity index (χ0v) is 51.0. The molecule has 4 aromatic carbocycles. The topological polar surface area (TPSA) is 215 Å². The van der Waals surface area contributed by atoms with E-state index in [4.69, 9.17) is 16.3 Å². The van der Waals surface area contributed by atoms with E-state index in [1.165, 1.54) is 66.8 Å². The molecule has 4 amide bonds. The number of carbonyl (C=O) groups excluding carboxylic acids is 7. The van der Waals surface area contributed by atoms with E-state index in [0.29, 0.717) is 57.1 Å². The number of nitrogens with one attached hydrogen (secondary N) is 2. The lowest BCUT2D eigenvalue weighted by atomic mass is 10.0. The van der Waals surface area contributed by atoms with Crippen molar-refractivity contribution in [3.8, 4) is 22.3 Å². The van der Waals surface area contributed by atoms with Gasteiger partial charge in [0.1, 0.15) is 24.2 Å². The summed E-state index contributed by atoms with van der Waals surface area (Å²) in [5, 5.41) is 14.4. The van der Waals surface area contributed by atoms with Gasteiger partial charge >= 0.3 is 24.1 Å². The molecule has 2 aliphatic heterocycles. The van der Waals surface area contributed by atoms with Crippen LogP contribution in [0.3, 0.4) is 0 Å². The van der Waals surface area contributed by atoms with E-state index in [1.54, 1.807) is 58.0 Å². The third-order valence-electron chi connectivity index (χ3n) is 15.9. The number of ether oxygens (including phenoxy) is 3. The molecule has 24 heteroatoms. The number of amides is 4. The average molecular weight is 1330 g/mol. The van der Waals surface area contributed by atoms with E-state index in [-0.39, 0.29) is 73.6 Å². The molecule has 446 valence electrons. The number of hydrogen-bond acceptors (Lipinski definition) is 11. The highest BCUT2D eigenvalue weighted by Crippen LogP contribution is 2.57. The Balaban J connectivity index is 0.000000194. The van der Waals surface area contributed by atoms with Gasteiger partial charge in [0.2, 0.25) is 11.8 Å². The molecule has 6 aliphatic rings. The van der Waals surface area contributed by atoms with Crippen LogP contribution in [-0.2, 0) is 45.2 Å². The molecule has 2 spiro atoms. The number of Topliss-reactive ketones (excluding diaryl/α,β-unsaturated/α-hetero) is 2. The van der Waals surface area contributed by atoms with Gasteiger partial charge in [-0.2, -0.15) is 17.6 Å². The molecule has 4 fully saturated rings. The van der Waals surface area contributed by atoms with Gasteiger partial charge in [-0.25, -0.2) is 19.2 Å². The minimum Gasteiger partial charge on any atom is -0.480 e. The fourth-order valence-electron chi connectivity index (χ4n) is 11.0. The summed E-state index contributed by atoms with van der Waals surface area (Å²) in [6, 6.07) is 14.5. The maximum atomic E-state index is 15.2. The maximum Gasteiger partial charge on any atom is 0.407 e. The number of halogens is 8. The summed E-state index contributed by atoms with van der Waals surface area (Å²) in [5.74, 6) is -10.5. The number of carboxylic acid groups (broad SMARTS) is 1. The van der Waals surface area contributed by atoms with Crippen molar-refractivity contribution in [2.75, 3.05) is 46.2 Å². The lowest BCUT2D eigenvalue weighted by Crippen LogP contribution is -2.54. The number of benzene rings is 4. The average Bonchev–Trinajstić information content (AvgIpc) is 2.27. The van der Waals surface area contributed by atoms with Crippen molar-refractivity contribution in [2.24, 2.45) is 22.7 Å². The van der Waals surface area contributed by atoms with Crippen LogP contribution in [0.5, 0.6) is 0 Å². The second-order valence-corrected chi connectivity index (χ2v) is 24.2. The molecule has 16 nitrogen and oxygen atoms in total. The lowest BCUT2D eigenvalue weighted by molar-refractivity contribution is -0.153. The molecule has 10 rings (SSSR count). The van der Waals surface area contributed by atoms with Crippen molar-refractivity contribution in [3.05, 3.63) is 115 Å². The van der Waals surface area contributed by atoms with Gasteiger partial charge in [0.25, 0.3) is 11.8 Å². The summed E-state index contributed by atoms with van der Waals surface area (Å²) in [5.41, 5.74) is 1.13. The van der Waals surface area contributed by atoms with Crippen molar-refractivity contribution in [2.45, 2.75) is 102 Å². The van der Waals surface area contributed by atoms with Crippen LogP contribution in [0.25, 0.3) is 22.3 Å². The first-order chi connectivity index (χ1) is 39.1. The van der Waals surface area contributed by atoms with Crippen LogP contribution >= 0.6 is 55.1 Å². The second kappa shape index (κ2) is 25.6. The molecule has 83 heavy (non-hydrogen) atoms. The van der Waals surface area contributed by atoms with Gasteiger partial charge in [0, 0.05) is 61.8 Å². The van der Waals surface area contributed by atoms with E-state index in [1.807, 2.05) is 0 Å². The van der Waals surface area contributed by atoms with Crippen LogP contribution in [0.2, 0.25) is 0 Å². The van der Waals surface area contributed by atoms with Gasteiger partial charge in [-0.15, -0.1) is 23.2 Å². The number of carbonyl (C=O) groups is 8. The monoisotopic (exact) mass is 1320 g/mol. The van der Waals surface area contributed by atoms with E-state index in [0.717, 1.165) is 31.7 Å². The molecular formula is C59H62Br2Cl2F4N4O12. The molecule has 0 radical (unpaired) electrons. The number of nitrogens with zero attached hydrogens (tertiary/aromatic N) is 2. The van der Waals surface area contributed by atoms with E-state index in [2.05, 4.69) is 63.6 Å². The van der Waals surface area contributed by atoms with Gasteiger partial charge in [-0.1, -0.05) is 96.0 Å². The van der Waals surface area contributed by atoms with Crippen LogP contribution < -0.4 is 10.6 Å². The Morgan fingerprint density at radius 2 is 0.964 bits per heavy atom. The smallest absolute Gasteiger partial charge is 0.407 e. The Morgan fingerprint density at radius 3 is 1.33 bits per heavy atom. The highest BCUT2D eigenvalue weighted by molar-refractivity contribution is 9.10. The zero-order valence-electron chi connectivity index (χ0n) is 46.3. The number of likely N-dealkylation sites (tertiary alicyclic amines) is 2. The number of alkyl halides is 6. The van der Waals surface area contributed by atoms with Crippen LogP contribution in [0.15, 0.2) is 81.7 Å². The zero-order chi connectivity index (χ0) is 61.3. The quantitative estimate of drug-likeness (QED) is 0.0375. The van der Waals surface area contributed by atoms with Crippen molar-refractivity contribution < 1.29 is 75.2 Å². The Labute approximate surface area is 503 Å². The Hall–Kier alpha value is -6.10. The summed E-state index contributed by atoms with van der Waals surface area (Å²) in [7, 11) is 2.43. The van der Waals surface area contributed by atoms with Crippen LogP contribution in [0.1, 0.15) is 109 Å². The summed E-state index contributed by atoms with van der Waals surface area (Å²) >= 11 is 16.5. The summed E-state index contributed by atoms with van der Waals surface area (Å²) in [6.07, 6.45) is 4.60. The third-order valence-corrected chi connectivity index (χ3v) is 17.1. The Bertz CT molecular complexity index is 3230. The molecule has 3 N–H and O–H groups in total. The normalized spacial score (nSPS) is 19.4. The van der Waals surface area contributed by atoms with E-state index >= 15 is 8.78 Å². The molecule has 4 atom stereocenters. The Kier molecular flexibility index (Phi) is 19.9. The van der Waals surface area contributed by atoms with E-state index in [9.17, 15) is 52.2 Å². The third kappa shape index (κ3) is 13.6. The fourth-order valence-corrected chi connectivity index (χ4v) is 11.8. The van der Waals surface area contributed by atoms with Crippen molar-refractivity contribution in [3.63, 3.8) is 0 Å². The van der Waals surface area contributed by atoms with Gasteiger partial charge in [0.05, 0.1) is 20.1 Å². The SMILES string of the molecule is CCl.COC(=O)NC(C(=O)N1CC2(CC2)C[C@H]1C(=O)O)C(C)C.COC(=O)N[C@H](C(=O)N1CC2(CC2)C[C@H]1C(=O)OCC(=O)c1ccc2c(c1)C(F)(F)c1cc(Br)ccc1-2)C(C)C.O=C(CCl)c1ccc2c(c1)C(F)(F)c1cc(Br)ccc1-2. The maximum absolute atomic E-state index is 15.2. The molecule has 1 unspecified atom stereocenters. The van der Waals surface area contributed by atoms with Gasteiger partial charge in [0.15, 0.2) is 18.2 Å². The number of methoxy groups -OCH3 is 2. The first kappa shape index (κ1) is 64.5. The highest BCUT2D eigenvalue weighted by Gasteiger charge is 2.58. The van der Waals surface area contributed by atoms with Gasteiger partial charge in [-0.05, 0) is 120 Å². The predicted octanol–water partition coefficient (Wildman–Crippen LogP) is 11.7. The number of alkyl carbamates (subject to hydrolysis) is 2. The Morgan fingerprint density at radius 1 is 0.602 bits per heavy atom. The number of rotatable bonds is 13. The van der Waals surface area contributed by atoms with Crippen LogP contribution in [-0.4, -0.2) is 133 Å². The summed E-state index contributed by atoms with van der Waals surface area (Å²) < 4.78 is 75.0. The number of fused-ring (bicyclic) bond motifs is 6. The number of aliphatic carboxylic acids is 1. The summed E-state index contributed by atoms with van der Waals surface area (Å²) in [6.45, 7) is 7.31.